The molecular formula is C9H17NO2. The van der Waals surface area contributed by atoms with Crippen LogP contribution in [0.3, 0.4) is 0 Å². The second-order valence-corrected chi connectivity index (χ2v) is 2.54. The first-order valence-corrected chi connectivity index (χ1v) is 4.18. The van der Waals surface area contributed by atoms with Crippen molar-refractivity contribution < 1.29 is 9.53 Å². The van der Waals surface area contributed by atoms with Gasteiger partial charge in [0.2, 0.25) is 0 Å². The molecule has 0 bridgehead atoms. The Morgan fingerprint density at radius 3 is 2.67 bits per heavy atom. The van der Waals surface area contributed by atoms with Gasteiger partial charge in [-0.15, -0.1) is 0 Å². The Hall–Kier alpha value is -0.830. The van der Waals surface area contributed by atoms with Gasteiger partial charge in [-0.2, -0.15) is 0 Å². The fourth-order valence-electron chi connectivity index (χ4n) is 0.676. The molecule has 0 fully saturated rings. The molecule has 0 radical (unpaired) electrons. The van der Waals surface area contributed by atoms with Crippen LogP contribution in [-0.4, -0.2) is 25.7 Å². The van der Waals surface area contributed by atoms with E-state index >= 15 is 0 Å². The average molecular weight is 171 g/mol. The van der Waals surface area contributed by atoms with Crippen LogP contribution in [0.1, 0.15) is 20.8 Å². The Morgan fingerprint density at radius 2 is 2.17 bits per heavy atom. The molecule has 12 heavy (non-hydrogen) atoms. The Labute approximate surface area is 73.8 Å². The highest BCUT2D eigenvalue weighted by molar-refractivity contribution is 5.71. The molecule has 0 atom stereocenters. The van der Waals surface area contributed by atoms with E-state index in [1.807, 2.05) is 19.9 Å². The number of hydrogen-bond donors (Lipinski definition) is 1. The predicted molar refractivity (Wildman–Crippen MR) is 48.9 cm³/mol. The highest BCUT2D eigenvalue weighted by Gasteiger charge is 1.98. The predicted octanol–water partition coefficient (Wildman–Crippen LogP) is 1.11. The molecule has 0 aliphatic rings. The van der Waals surface area contributed by atoms with E-state index in [0.29, 0.717) is 13.2 Å². The minimum Gasteiger partial charge on any atom is -0.465 e. The van der Waals surface area contributed by atoms with Gasteiger partial charge in [0.25, 0.3) is 0 Å². The lowest BCUT2D eigenvalue weighted by Gasteiger charge is -2.03. The Kier molecular flexibility index (Phi) is 6.38. The zero-order chi connectivity index (χ0) is 9.40. The maximum atomic E-state index is 10.8. The summed E-state index contributed by atoms with van der Waals surface area (Å²) in [5.74, 6) is -0.193. The van der Waals surface area contributed by atoms with Crippen molar-refractivity contribution in [1.82, 2.24) is 5.32 Å². The molecule has 0 rings (SSSR count). The van der Waals surface area contributed by atoms with Crippen LogP contribution >= 0.6 is 0 Å². The molecule has 0 heterocycles. The first-order valence-electron chi connectivity index (χ1n) is 4.18. The quantitative estimate of drug-likeness (QED) is 0.497. The van der Waals surface area contributed by atoms with E-state index in [1.165, 1.54) is 5.57 Å². The summed E-state index contributed by atoms with van der Waals surface area (Å²) in [6.07, 6.45) is 2.01. The number of rotatable bonds is 5. The van der Waals surface area contributed by atoms with E-state index in [2.05, 4.69) is 5.32 Å². The molecule has 0 saturated heterocycles. The monoisotopic (exact) mass is 171 g/mol. The molecule has 0 aromatic rings. The standard InChI is InChI=1S/C9H17NO2/c1-4-8(3)6-10-7-9(11)12-5-2/h4,10H,5-7H2,1-3H3. The van der Waals surface area contributed by atoms with Gasteiger partial charge in [0.05, 0.1) is 13.2 Å². The maximum absolute atomic E-state index is 10.8. The molecule has 70 valence electrons. The van der Waals surface area contributed by atoms with E-state index in [-0.39, 0.29) is 5.97 Å². The van der Waals surface area contributed by atoms with Gasteiger partial charge >= 0.3 is 5.97 Å². The van der Waals surface area contributed by atoms with Crippen LogP contribution < -0.4 is 5.32 Å². The summed E-state index contributed by atoms with van der Waals surface area (Å²) >= 11 is 0. The van der Waals surface area contributed by atoms with Crippen molar-refractivity contribution in [1.29, 1.82) is 0 Å². The molecule has 3 heteroatoms. The Bertz CT molecular complexity index is 164. The van der Waals surface area contributed by atoms with E-state index in [4.69, 9.17) is 4.74 Å². The normalized spacial score (nSPS) is 11.4. The van der Waals surface area contributed by atoms with Crippen molar-refractivity contribution in [2.24, 2.45) is 0 Å². The summed E-state index contributed by atoms with van der Waals surface area (Å²) in [7, 11) is 0. The lowest BCUT2D eigenvalue weighted by molar-refractivity contribution is -0.141. The van der Waals surface area contributed by atoms with Gasteiger partial charge in [-0.25, -0.2) is 0 Å². The molecule has 3 nitrogen and oxygen atoms in total. The third-order valence-corrected chi connectivity index (χ3v) is 1.47. The first-order chi connectivity index (χ1) is 5.70. The fourth-order valence-corrected chi connectivity index (χ4v) is 0.676. The van der Waals surface area contributed by atoms with Crippen molar-refractivity contribution in [3.05, 3.63) is 11.6 Å². The summed E-state index contributed by atoms with van der Waals surface area (Å²) < 4.78 is 4.74. The summed E-state index contributed by atoms with van der Waals surface area (Å²) in [6, 6.07) is 0. The van der Waals surface area contributed by atoms with Gasteiger partial charge in [-0.05, 0) is 20.8 Å². The van der Waals surface area contributed by atoms with Crippen LogP contribution in [0.2, 0.25) is 0 Å². The molecule has 0 saturated carbocycles. The highest BCUT2D eigenvalue weighted by Crippen LogP contribution is 1.87. The second kappa shape index (κ2) is 6.85. The molecular weight excluding hydrogens is 154 g/mol. The number of nitrogens with one attached hydrogen (secondary N) is 1. The van der Waals surface area contributed by atoms with Crippen LogP contribution in [0.25, 0.3) is 0 Å². The molecule has 0 aliphatic heterocycles. The molecule has 0 spiro atoms. The third kappa shape index (κ3) is 5.92. The summed E-state index contributed by atoms with van der Waals surface area (Å²) in [5.41, 5.74) is 1.22. The van der Waals surface area contributed by atoms with Crippen LogP contribution in [0.15, 0.2) is 11.6 Å². The molecule has 0 unspecified atom stereocenters. The number of allylic oxidation sites excluding steroid dienone is 1. The summed E-state index contributed by atoms with van der Waals surface area (Å²) in [4.78, 5) is 10.8. The number of ether oxygens (including phenoxy) is 1. The van der Waals surface area contributed by atoms with Gasteiger partial charge in [0, 0.05) is 6.54 Å². The zero-order valence-corrected chi connectivity index (χ0v) is 8.02. The van der Waals surface area contributed by atoms with Gasteiger partial charge in [-0.1, -0.05) is 11.6 Å². The molecule has 1 N–H and O–H groups in total. The Morgan fingerprint density at radius 1 is 1.50 bits per heavy atom. The van der Waals surface area contributed by atoms with Crippen LogP contribution in [0.4, 0.5) is 0 Å². The number of hydrogen-bond acceptors (Lipinski definition) is 3. The topological polar surface area (TPSA) is 38.3 Å². The highest BCUT2D eigenvalue weighted by atomic mass is 16.5. The summed E-state index contributed by atoms with van der Waals surface area (Å²) in [6.45, 7) is 7.27. The summed E-state index contributed by atoms with van der Waals surface area (Å²) in [5, 5.41) is 2.98. The van der Waals surface area contributed by atoms with Crippen molar-refractivity contribution in [3.8, 4) is 0 Å². The van der Waals surface area contributed by atoms with Gasteiger partial charge in [-0.3, -0.25) is 4.79 Å². The Balaban J connectivity index is 3.37. The molecule has 0 aliphatic carbocycles. The van der Waals surface area contributed by atoms with E-state index in [9.17, 15) is 4.79 Å². The van der Waals surface area contributed by atoms with E-state index < -0.39 is 0 Å². The van der Waals surface area contributed by atoms with E-state index in [1.54, 1.807) is 6.92 Å². The largest absolute Gasteiger partial charge is 0.465 e. The van der Waals surface area contributed by atoms with E-state index in [0.717, 1.165) is 6.54 Å². The minimum absolute atomic E-state index is 0.193. The van der Waals surface area contributed by atoms with Crippen LogP contribution in [0, 0.1) is 0 Å². The van der Waals surface area contributed by atoms with Crippen molar-refractivity contribution in [2.75, 3.05) is 19.7 Å². The van der Waals surface area contributed by atoms with Gasteiger partial charge in [0.15, 0.2) is 0 Å². The lowest BCUT2D eigenvalue weighted by Crippen LogP contribution is -2.26. The third-order valence-electron chi connectivity index (χ3n) is 1.47. The zero-order valence-electron chi connectivity index (χ0n) is 8.02. The smallest absolute Gasteiger partial charge is 0.319 e. The first kappa shape index (κ1) is 11.2. The average Bonchev–Trinajstić information content (AvgIpc) is 2.04. The van der Waals surface area contributed by atoms with Crippen molar-refractivity contribution in [2.45, 2.75) is 20.8 Å². The number of esters is 1. The SMILES string of the molecule is CC=C(C)CNCC(=O)OCC. The minimum atomic E-state index is -0.193. The number of carbonyl (C=O) groups is 1. The maximum Gasteiger partial charge on any atom is 0.319 e. The van der Waals surface area contributed by atoms with Gasteiger partial charge in [0.1, 0.15) is 0 Å². The fraction of sp³-hybridized carbons (Fsp3) is 0.667. The molecule has 0 amide bonds. The molecule has 0 aromatic carbocycles. The number of carbonyl (C=O) groups excluding carboxylic acids is 1. The van der Waals surface area contributed by atoms with Gasteiger partial charge < -0.3 is 10.1 Å². The lowest BCUT2D eigenvalue weighted by atomic mass is 10.3. The molecule has 0 aromatic heterocycles. The van der Waals surface area contributed by atoms with Crippen LogP contribution in [0.5, 0.6) is 0 Å². The van der Waals surface area contributed by atoms with Crippen LogP contribution in [-0.2, 0) is 9.53 Å². The van der Waals surface area contributed by atoms with Crippen molar-refractivity contribution >= 4 is 5.97 Å². The van der Waals surface area contributed by atoms with Crippen molar-refractivity contribution in [3.63, 3.8) is 0 Å². The second-order valence-electron chi connectivity index (χ2n) is 2.54.